The topological polar surface area (TPSA) is 88.2 Å². The van der Waals surface area contributed by atoms with Crippen molar-refractivity contribution in [2.45, 2.75) is 45.3 Å². The molecule has 1 heterocycles. The highest BCUT2D eigenvalue weighted by Crippen LogP contribution is 2.37. The Morgan fingerprint density at radius 2 is 1.30 bits per heavy atom. The van der Waals surface area contributed by atoms with Gasteiger partial charge in [0.05, 0.1) is 14.2 Å². The van der Waals surface area contributed by atoms with E-state index in [2.05, 4.69) is 5.32 Å². The second-order valence-corrected chi connectivity index (χ2v) is 8.52. The quantitative estimate of drug-likeness (QED) is 0.621. The zero-order valence-electron chi connectivity index (χ0n) is 19.9. The van der Waals surface area contributed by atoms with Crippen molar-refractivity contribution < 1.29 is 23.9 Å². The maximum absolute atomic E-state index is 13.9. The van der Waals surface area contributed by atoms with E-state index in [0.29, 0.717) is 22.6 Å². The molecule has 4 amide bonds. The number of ether oxygens (including phenoxy) is 2. The number of carbonyl (C=O) groups excluding carboxylic acids is 3. The fraction of sp³-hybridized carbons (Fsp3) is 0.400. The summed E-state index contributed by atoms with van der Waals surface area (Å²) in [5, 5.41) is 2.86. The molecular weight excluding hydrogens is 422 g/mol. The third kappa shape index (κ3) is 4.37. The van der Waals surface area contributed by atoms with Crippen LogP contribution >= 0.6 is 0 Å². The summed E-state index contributed by atoms with van der Waals surface area (Å²) in [6, 6.07) is 13.1. The highest BCUT2D eigenvalue weighted by molar-refractivity contribution is 6.11. The summed E-state index contributed by atoms with van der Waals surface area (Å²) in [6.07, 6.45) is 0. The van der Waals surface area contributed by atoms with Gasteiger partial charge in [-0.1, -0.05) is 24.3 Å². The second kappa shape index (κ2) is 9.52. The predicted molar refractivity (Wildman–Crippen MR) is 124 cm³/mol. The molecule has 0 aromatic heterocycles. The molecule has 3 rings (SSSR count). The van der Waals surface area contributed by atoms with Crippen LogP contribution in [0.2, 0.25) is 0 Å². The zero-order valence-corrected chi connectivity index (χ0v) is 19.9. The molecule has 2 aromatic rings. The lowest BCUT2D eigenvalue weighted by Gasteiger charge is -2.32. The van der Waals surface area contributed by atoms with E-state index in [0.717, 1.165) is 4.90 Å². The number of rotatable bonds is 8. The van der Waals surface area contributed by atoms with Crippen molar-refractivity contribution in [1.82, 2.24) is 15.1 Å². The van der Waals surface area contributed by atoms with Crippen LogP contribution in [0.25, 0.3) is 0 Å². The number of imide groups is 1. The fourth-order valence-electron chi connectivity index (χ4n) is 4.35. The van der Waals surface area contributed by atoms with Gasteiger partial charge in [-0.25, -0.2) is 4.79 Å². The Kier molecular flexibility index (Phi) is 6.95. The van der Waals surface area contributed by atoms with E-state index < -0.39 is 17.5 Å². The fourth-order valence-corrected chi connectivity index (χ4v) is 4.35. The van der Waals surface area contributed by atoms with Crippen LogP contribution in [0.15, 0.2) is 48.5 Å². The second-order valence-electron chi connectivity index (χ2n) is 8.52. The van der Waals surface area contributed by atoms with Gasteiger partial charge >= 0.3 is 6.03 Å². The number of hydrogen-bond acceptors (Lipinski definition) is 5. The Bertz CT molecular complexity index is 960. The number of benzene rings is 2. The van der Waals surface area contributed by atoms with Crippen LogP contribution in [-0.4, -0.2) is 60.5 Å². The Labute approximate surface area is 194 Å². The third-order valence-corrected chi connectivity index (χ3v) is 5.85. The van der Waals surface area contributed by atoms with E-state index in [-0.39, 0.29) is 24.5 Å². The van der Waals surface area contributed by atoms with Crippen LogP contribution in [0.1, 0.15) is 38.8 Å². The van der Waals surface area contributed by atoms with Gasteiger partial charge in [0.2, 0.25) is 5.91 Å². The minimum absolute atomic E-state index is 0.0637. The van der Waals surface area contributed by atoms with Gasteiger partial charge in [-0.2, -0.15) is 0 Å². The average Bonchev–Trinajstić information content (AvgIpc) is 3.04. The number of nitrogens with zero attached hydrogens (tertiary/aromatic N) is 2. The molecule has 2 aromatic carbocycles. The molecule has 1 aliphatic rings. The summed E-state index contributed by atoms with van der Waals surface area (Å²) in [6.45, 7) is 7.28. The molecule has 33 heavy (non-hydrogen) atoms. The van der Waals surface area contributed by atoms with Crippen molar-refractivity contribution in [3.05, 3.63) is 59.7 Å². The minimum atomic E-state index is -1.48. The smallest absolute Gasteiger partial charge is 0.326 e. The first-order valence-corrected chi connectivity index (χ1v) is 10.9. The van der Waals surface area contributed by atoms with Crippen LogP contribution in [0, 0.1) is 0 Å². The first-order valence-electron chi connectivity index (χ1n) is 10.9. The number of urea groups is 1. The summed E-state index contributed by atoms with van der Waals surface area (Å²) in [7, 11) is 3.11. The van der Waals surface area contributed by atoms with Gasteiger partial charge in [0.25, 0.3) is 5.91 Å². The molecule has 176 valence electrons. The SMILES string of the molecule is COc1ccc(C2(c3ccc(OC)cc3)NC(=O)N(CC(=O)N(C(C)C)C(C)C)C2=O)cc1. The van der Waals surface area contributed by atoms with Crippen LogP contribution in [0.5, 0.6) is 11.5 Å². The molecule has 0 aliphatic carbocycles. The van der Waals surface area contributed by atoms with E-state index in [4.69, 9.17) is 9.47 Å². The van der Waals surface area contributed by atoms with Gasteiger partial charge in [-0.3, -0.25) is 14.5 Å². The molecule has 8 heteroatoms. The minimum Gasteiger partial charge on any atom is -0.497 e. The summed E-state index contributed by atoms with van der Waals surface area (Å²) in [4.78, 5) is 42.6. The van der Waals surface area contributed by atoms with Crippen molar-refractivity contribution in [3.8, 4) is 11.5 Å². The molecule has 1 N–H and O–H groups in total. The molecular formula is C25H31N3O5. The summed E-state index contributed by atoms with van der Waals surface area (Å²) >= 11 is 0. The highest BCUT2D eigenvalue weighted by atomic mass is 16.5. The first kappa shape index (κ1) is 24.1. The van der Waals surface area contributed by atoms with Crippen LogP contribution in [-0.2, 0) is 15.1 Å². The van der Waals surface area contributed by atoms with E-state index in [9.17, 15) is 14.4 Å². The summed E-state index contributed by atoms with van der Waals surface area (Å²) in [5.41, 5.74) is -0.353. The van der Waals surface area contributed by atoms with Gasteiger partial charge in [0.15, 0.2) is 5.54 Å². The van der Waals surface area contributed by atoms with Crippen molar-refractivity contribution in [3.63, 3.8) is 0 Å². The molecule has 0 bridgehead atoms. The molecule has 1 fully saturated rings. The van der Waals surface area contributed by atoms with Crippen molar-refractivity contribution in [2.24, 2.45) is 0 Å². The molecule has 0 unspecified atom stereocenters. The van der Waals surface area contributed by atoms with Gasteiger partial charge in [-0.05, 0) is 63.1 Å². The van der Waals surface area contributed by atoms with Gasteiger partial charge in [0.1, 0.15) is 18.0 Å². The van der Waals surface area contributed by atoms with Gasteiger partial charge in [0, 0.05) is 12.1 Å². The third-order valence-electron chi connectivity index (χ3n) is 5.85. The number of methoxy groups -OCH3 is 2. The van der Waals surface area contributed by atoms with E-state index >= 15 is 0 Å². The predicted octanol–water partition coefficient (Wildman–Crippen LogP) is 3.14. The van der Waals surface area contributed by atoms with E-state index in [1.807, 2.05) is 27.7 Å². The number of nitrogens with one attached hydrogen (secondary N) is 1. The zero-order chi connectivity index (χ0) is 24.3. The molecule has 1 aliphatic heterocycles. The summed E-state index contributed by atoms with van der Waals surface area (Å²) < 4.78 is 10.5. The lowest BCUT2D eigenvalue weighted by atomic mass is 9.82. The number of amides is 4. The largest absolute Gasteiger partial charge is 0.497 e. The standard InChI is InChI=1S/C25H31N3O5/c1-16(2)28(17(3)4)22(29)15-27-23(30)25(26-24(27)31,18-7-11-20(32-5)12-8-18)19-9-13-21(33-6)14-10-19/h7-14,16-17H,15H2,1-6H3,(H,26,31). The van der Waals surface area contributed by atoms with Crippen LogP contribution in [0.4, 0.5) is 4.79 Å². The Morgan fingerprint density at radius 3 is 1.67 bits per heavy atom. The molecule has 0 radical (unpaired) electrons. The molecule has 8 nitrogen and oxygen atoms in total. The monoisotopic (exact) mass is 453 g/mol. The molecule has 0 saturated carbocycles. The van der Waals surface area contributed by atoms with E-state index in [1.54, 1.807) is 67.7 Å². The first-order chi connectivity index (χ1) is 15.6. The highest BCUT2D eigenvalue weighted by Gasteiger charge is 2.54. The lowest BCUT2D eigenvalue weighted by Crippen LogP contribution is -2.49. The summed E-state index contributed by atoms with van der Waals surface area (Å²) in [5.74, 6) is 0.446. The maximum atomic E-state index is 13.9. The van der Waals surface area contributed by atoms with Crippen LogP contribution < -0.4 is 14.8 Å². The average molecular weight is 454 g/mol. The normalized spacial score (nSPS) is 15.1. The lowest BCUT2D eigenvalue weighted by molar-refractivity contribution is -0.140. The molecule has 0 spiro atoms. The Balaban J connectivity index is 2.05. The van der Waals surface area contributed by atoms with Gasteiger partial charge < -0.3 is 19.7 Å². The van der Waals surface area contributed by atoms with E-state index in [1.165, 1.54) is 0 Å². The number of hydrogen-bond donors (Lipinski definition) is 1. The maximum Gasteiger partial charge on any atom is 0.326 e. The van der Waals surface area contributed by atoms with Crippen molar-refractivity contribution in [2.75, 3.05) is 20.8 Å². The van der Waals surface area contributed by atoms with Crippen molar-refractivity contribution >= 4 is 17.8 Å². The molecule has 1 saturated heterocycles. The number of carbonyl (C=O) groups is 3. The van der Waals surface area contributed by atoms with Crippen LogP contribution in [0.3, 0.4) is 0 Å². The molecule has 0 atom stereocenters. The van der Waals surface area contributed by atoms with Crippen molar-refractivity contribution in [1.29, 1.82) is 0 Å². The Morgan fingerprint density at radius 1 is 0.879 bits per heavy atom. The Hall–Kier alpha value is -3.55. The van der Waals surface area contributed by atoms with Gasteiger partial charge in [-0.15, -0.1) is 0 Å².